The summed E-state index contributed by atoms with van der Waals surface area (Å²) in [5.41, 5.74) is 2.05. The molecule has 0 unspecified atom stereocenters. The maximum Gasteiger partial charge on any atom is 0.128 e. The number of aliphatic hydroxyl groups is 1. The van der Waals surface area contributed by atoms with E-state index in [1.165, 1.54) is 31.0 Å². The van der Waals surface area contributed by atoms with Crippen molar-refractivity contribution in [1.82, 2.24) is 4.98 Å². The molecule has 3 heterocycles. The van der Waals surface area contributed by atoms with Crippen molar-refractivity contribution < 1.29 is 9.50 Å². The minimum absolute atomic E-state index is 0.0208. The lowest BCUT2D eigenvalue weighted by molar-refractivity contribution is 0.237. The van der Waals surface area contributed by atoms with Gasteiger partial charge in [-0.15, -0.1) is 0 Å². The first-order valence-electron chi connectivity index (χ1n) is 10.3. The van der Waals surface area contributed by atoms with E-state index in [1.54, 1.807) is 12.1 Å². The van der Waals surface area contributed by atoms with Crippen LogP contribution in [0.1, 0.15) is 32.1 Å². The van der Waals surface area contributed by atoms with Crippen LogP contribution >= 0.6 is 0 Å². The fourth-order valence-corrected chi connectivity index (χ4v) is 4.36. The maximum absolute atomic E-state index is 13.7. The number of hydrogen-bond acceptors (Lipinski definition) is 5. The highest BCUT2D eigenvalue weighted by Crippen LogP contribution is 2.28. The molecule has 0 spiro atoms. The van der Waals surface area contributed by atoms with Crippen molar-refractivity contribution in [2.75, 3.05) is 41.4 Å². The van der Waals surface area contributed by atoms with Gasteiger partial charge in [0.15, 0.2) is 0 Å². The molecule has 2 aromatic rings. The Morgan fingerprint density at radius 1 is 1.07 bits per heavy atom. The molecule has 2 fully saturated rings. The van der Waals surface area contributed by atoms with Gasteiger partial charge in [0.1, 0.15) is 11.6 Å². The van der Waals surface area contributed by atoms with Crippen LogP contribution in [0.5, 0.6) is 0 Å². The molecule has 0 aliphatic carbocycles. The summed E-state index contributed by atoms with van der Waals surface area (Å²) < 4.78 is 13.7. The Hall–Kier alpha value is -2.34. The molecule has 1 aromatic carbocycles. The topological polar surface area (TPSA) is 51.6 Å². The number of piperidine rings is 2. The van der Waals surface area contributed by atoms with E-state index in [1.807, 2.05) is 12.3 Å². The van der Waals surface area contributed by atoms with Crippen molar-refractivity contribution in [3.8, 4) is 0 Å². The van der Waals surface area contributed by atoms with E-state index in [0.717, 1.165) is 37.4 Å². The van der Waals surface area contributed by atoms with Gasteiger partial charge in [0.2, 0.25) is 0 Å². The van der Waals surface area contributed by atoms with Crippen molar-refractivity contribution in [3.05, 3.63) is 48.4 Å². The Morgan fingerprint density at radius 3 is 2.71 bits per heavy atom. The van der Waals surface area contributed by atoms with Crippen LogP contribution in [0.3, 0.4) is 0 Å². The second kappa shape index (κ2) is 8.78. The number of aliphatic hydroxyl groups excluding tert-OH is 1. The first kappa shape index (κ1) is 19.0. The highest BCUT2D eigenvalue weighted by molar-refractivity contribution is 5.55. The van der Waals surface area contributed by atoms with Crippen molar-refractivity contribution in [2.45, 2.75) is 44.2 Å². The molecule has 2 N–H and O–H groups in total. The summed E-state index contributed by atoms with van der Waals surface area (Å²) in [6.45, 7) is 3.01. The van der Waals surface area contributed by atoms with Gasteiger partial charge < -0.3 is 20.2 Å². The molecule has 28 heavy (non-hydrogen) atoms. The molecule has 2 aliphatic heterocycles. The van der Waals surface area contributed by atoms with Crippen molar-refractivity contribution >= 4 is 17.2 Å². The van der Waals surface area contributed by atoms with Gasteiger partial charge in [-0.3, -0.25) is 0 Å². The van der Waals surface area contributed by atoms with Crippen LogP contribution in [0, 0.1) is 5.82 Å². The number of nitrogens with one attached hydrogen (secondary N) is 1. The zero-order valence-electron chi connectivity index (χ0n) is 16.2. The van der Waals surface area contributed by atoms with Gasteiger partial charge in [0.25, 0.3) is 0 Å². The van der Waals surface area contributed by atoms with E-state index in [9.17, 15) is 9.50 Å². The van der Waals surface area contributed by atoms with Gasteiger partial charge >= 0.3 is 0 Å². The molecular weight excluding hydrogens is 355 g/mol. The van der Waals surface area contributed by atoms with E-state index in [4.69, 9.17) is 0 Å². The molecule has 0 radical (unpaired) electrons. The van der Waals surface area contributed by atoms with E-state index in [-0.39, 0.29) is 24.5 Å². The lowest BCUT2D eigenvalue weighted by Gasteiger charge is -2.41. The van der Waals surface area contributed by atoms with Gasteiger partial charge in [-0.1, -0.05) is 6.07 Å². The Balaban J connectivity index is 1.46. The summed E-state index contributed by atoms with van der Waals surface area (Å²) in [6.07, 6.45) is 7.49. The van der Waals surface area contributed by atoms with Gasteiger partial charge in [-0.05, 0) is 56.4 Å². The van der Waals surface area contributed by atoms with Crippen LogP contribution in [-0.2, 0) is 0 Å². The molecule has 0 amide bonds. The second-order valence-corrected chi connectivity index (χ2v) is 7.83. The van der Waals surface area contributed by atoms with Crippen molar-refractivity contribution in [2.24, 2.45) is 0 Å². The van der Waals surface area contributed by atoms with Crippen molar-refractivity contribution in [1.29, 1.82) is 0 Å². The number of halogens is 1. The fraction of sp³-hybridized carbons (Fsp3) is 0.500. The normalized spacial score (nSPS) is 22.9. The zero-order valence-corrected chi connectivity index (χ0v) is 16.2. The Morgan fingerprint density at radius 2 is 1.93 bits per heavy atom. The monoisotopic (exact) mass is 384 g/mol. The second-order valence-electron chi connectivity index (χ2n) is 7.83. The van der Waals surface area contributed by atoms with Gasteiger partial charge in [-0.25, -0.2) is 9.37 Å². The maximum atomic E-state index is 13.7. The summed E-state index contributed by atoms with van der Waals surface area (Å²) >= 11 is 0. The molecule has 4 rings (SSSR count). The first-order valence-corrected chi connectivity index (χ1v) is 10.3. The van der Waals surface area contributed by atoms with Gasteiger partial charge in [0.05, 0.1) is 12.6 Å². The summed E-state index contributed by atoms with van der Waals surface area (Å²) in [4.78, 5) is 9.05. The van der Waals surface area contributed by atoms with Crippen molar-refractivity contribution in [3.63, 3.8) is 0 Å². The number of benzene rings is 1. The van der Waals surface area contributed by atoms with Crippen LogP contribution in [0.15, 0.2) is 42.6 Å². The third kappa shape index (κ3) is 4.38. The summed E-state index contributed by atoms with van der Waals surface area (Å²) in [5, 5.41) is 13.3. The highest BCUT2D eigenvalue weighted by atomic mass is 19.1. The lowest BCUT2D eigenvalue weighted by atomic mass is 9.97. The van der Waals surface area contributed by atoms with Crippen LogP contribution in [-0.4, -0.2) is 48.4 Å². The molecule has 0 saturated carbocycles. The molecule has 0 bridgehead atoms. The molecule has 150 valence electrons. The fourth-order valence-electron chi connectivity index (χ4n) is 4.36. The number of hydrogen-bond donors (Lipinski definition) is 2. The zero-order chi connectivity index (χ0) is 19.3. The molecule has 2 aliphatic rings. The van der Waals surface area contributed by atoms with E-state index < -0.39 is 0 Å². The number of rotatable bonds is 5. The van der Waals surface area contributed by atoms with E-state index in [0.29, 0.717) is 6.54 Å². The Labute approximate surface area is 166 Å². The lowest BCUT2D eigenvalue weighted by Crippen LogP contribution is -2.50. The Kier molecular flexibility index (Phi) is 5.95. The Bertz CT molecular complexity index is 781. The minimum Gasteiger partial charge on any atom is -0.394 e. The number of anilines is 3. The van der Waals surface area contributed by atoms with Crippen LogP contribution in [0.4, 0.5) is 21.6 Å². The molecule has 1 aromatic heterocycles. The van der Waals surface area contributed by atoms with Crippen LogP contribution < -0.4 is 15.1 Å². The molecule has 6 heteroatoms. The summed E-state index contributed by atoms with van der Waals surface area (Å²) in [6, 6.07) is 11.1. The highest BCUT2D eigenvalue weighted by Gasteiger charge is 2.28. The van der Waals surface area contributed by atoms with Crippen LogP contribution in [0.25, 0.3) is 0 Å². The SMILES string of the molecule is OC[C@H]1CC[C@@H](Nc2cc(N3CCCCC3)ccn2)CN1c1cccc(F)c1. The van der Waals surface area contributed by atoms with E-state index in [2.05, 4.69) is 32.2 Å². The average molecular weight is 384 g/mol. The molecule has 2 saturated heterocycles. The molecule has 2 atom stereocenters. The predicted octanol–water partition coefficient (Wildman–Crippen LogP) is 3.65. The number of aromatic nitrogens is 1. The van der Waals surface area contributed by atoms with Crippen LogP contribution in [0.2, 0.25) is 0 Å². The van der Waals surface area contributed by atoms with Gasteiger partial charge in [0, 0.05) is 49.3 Å². The van der Waals surface area contributed by atoms with Gasteiger partial charge in [-0.2, -0.15) is 0 Å². The minimum atomic E-state index is -0.250. The molecule has 5 nitrogen and oxygen atoms in total. The summed E-state index contributed by atoms with van der Waals surface area (Å²) in [5.74, 6) is 0.634. The predicted molar refractivity (Wildman–Crippen MR) is 112 cm³/mol. The largest absolute Gasteiger partial charge is 0.394 e. The first-order chi connectivity index (χ1) is 13.7. The third-order valence-corrected chi connectivity index (χ3v) is 5.87. The van der Waals surface area contributed by atoms with E-state index >= 15 is 0 Å². The quantitative estimate of drug-likeness (QED) is 0.824. The number of pyridine rings is 1. The third-order valence-electron chi connectivity index (χ3n) is 5.87. The summed E-state index contributed by atoms with van der Waals surface area (Å²) in [7, 11) is 0. The smallest absolute Gasteiger partial charge is 0.128 e. The number of nitrogens with zero attached hydrogens (tertiary/aromatic N) is 3. The molecular formula is C22H29FN4O. The standard InChI is InChI=1S/C22H29FN4O/c23-17-5-4-6-20(13-17)27-15-18(7-8-21(27)16-28)25-22-14-19(9-10-24-22)26-11-2-1-3-12-26/h4-6,9-10,13-14,18,21,28H,1-3,7-8,11-12,15-16H2,(H,24,25)/t18-,21-/m1/s1. The average Bonchev–Trinajstić information content (AvgIpc) is 2.74.